The minimum Gasteiger partial charge on any atom is -0.381 e. The summed E-state index contributed by atoms with van der Waals surface area (Å²) in [5, 5.41) is 11.5. The van der Waals surface area contributed by atoms with E-state index >= 15 is 0 Å². The molecule has 0 saturated carbocycles. The van der Waals surface area contributed by atoms with Gasteiger partial charge in [-0.3, -0.25) is 0 Å². The fraction of sp³-hybridized carbons (Fsp3) is 0.500. The van der Waals surface area contributed by atoms with Crippen molar-refractivity contribution in [1.82, 2.24) is 0 Å². The zero-order valence-electron chi connectivity index (χ0n) is 11.0. The minimum absolute atomic E-state index is 0.709. The first-order valence-corrected chi connectivity index (χ1v) is 7.16. The van der Waals surface area contributed by atoms with Crippen LogP contribution in [0.15, 0.2) is 35.9 Å². The van der Waals surface area contributed by atoms with Crippen LogP contribution in [0.4, 0.5) is 0 Å². The third kappa shape index (κ3) is 3.15. The Morgan fingerprint density at radius 2 is 1.72 bits per heavy atom. The van der Waals surface area contributed by atoms with Crippen molar-refractivity contribution in [2.45, 2.75) is 51.0 Å². The Morgan fingerprint density at radius 1 is 1.06 bits per heavy atom. The molecule has 0 saturated heterocycles. The summed E-state index contributed by atoms with van der Waals surface area (Å²) in [4.78, 5) is 0. The quantitative estimate of drug-likeness (QED) is 0.759. The Labute approximate surface area is 114 Å². The summed E-state index contributed by atoms with van der Waals surface area (Å²) in [6, 6.07) is 7.52. The molecular formula is C16H21ClO. The number of hydrogen-bond acceptors (Lipinski definition) is 1. The summed E-state index contributed by atoms with van der Waals surface area (Å²) in [6.45, 7) is 1.89. The highest BCUT2D eigenvalue weighted by Crippen LogP contribution is 2.34. The van der Waals surface area contributed by atoms with Gasteiger partial charge in [-0.15, -0.1) is 0 Å². The lowest BCUT2D eigenvalue weighted by Crippen LogP contribution is -2.24. The van der Waals surface area contributed by atoms with Gasteiger partial charge < -0.3 is 5.11 Å². The molecule has 0 radical (unpaired) electrons. The van der Waals surface area contributed by atoms with Crippen molar-refractivity contribution in [2.24, 2.45) is 0 Å². The van der Waals surface area contributed by atoms with Crippen LogP contribution in [0.1, 0.15) is 51.0 Å². The van der Waals surface area contributed by atoms with Crippen LogP contribution in [-0.4, -0.2) is 5.11 Å². The molecular weight excluding hydrogens is 244 g/mol. The van der Waals surface area contributed by atoms with Crippen molar-refractivity contribution in [3.8, 4) is 0 Å². The Bertz CT molecular complexity index is 417. The van der Waals surface area contributed by atoms with Gasteiger partial charge in [-0.05, 0) is 55.9 Å². The number of rotatable bonds is 2. The van der Waals surface area contributed by atoms with Crippen molar-refractivity contribution in [3.63, 3.8) is 0 Å². The van der Waals surface area contributed by atoms with E-state index in [4.69, 9.17) is 11.6 Å². The van der Waals surface area contributed by atoms with Gasteiger partial charge in [0.05, 0.1) is 0 Å². The van der Waals surface area contributed by atoms with Gasteiger partial charge in [-0.1, -0.05) is 42.7 Å². The van der Waals surface area contributed by atoms with E-state index < -0.39 is 5.60 Å². The SMILES string of the molecule is CC(O)(/C1=C/CCCCCC1)c1ccc(Cl)cc1. The summed E-state index contributed by atoms with van der Waals surface area (Å²) in [5.74, 6) is 0. The minimum atomic E-state index is -0.859. The Kier molecular flexibility index (Phi) is 4.47. The van der Waals surface area contributed by atoms with Gasteiger partial charge in [0, 0.05) is 5.02 Å². The van der Waals surface area contributed by atoms with E-state index in [-0.39, 0.29) is 0 Å². The average molecular weight is 265 g/mol. The molecule has 0 aromatic heterocycles. The Balaban J connectivity index is 2.25. The highest BCUT2D eigenvalue weighted by molar-refractivity contribution is 6.30. The average Bonchev–Trinajstić information content (AvgIpc) is 2.28. The van der Waals surface area contributed by atoms with Crippen LogP contribution in [0.25, 0.3) is 0 Å². The number of aliphatic hydroxyl groups is 1. The molecule has 1 aromatic rings. The molecule has 18 heavy (non-hydrogen) atoms. The van der Waals surface area contributed by atoms with Gasteiger partial charge in [0.1, 0.15) is 5.60 Å². The first-order valence-electron chi connectivity index (χ1n) is 6.78. The Morgan fingerprint density at radius 3 is 2.44 bits per heavy atom. The molecule has 0 spiro atoms. The molecule has 0 aliphatic heterocycles. The normalized spacial score (nSPS) is 23.4. The predicted molar refractivity (Wildman–Crippen MR) is 76.8 cm³/mol. The highest BCUT2D eigenvalue weighted by Gasteiger charge is 2.27. The van der Waals surface area contributed by atoms with Crippen LogP contribution in [0.5, 0.6) is 0 Å². The smallest absolute Gasteiger partial charge is 0.108 e. The lowest BCUT2D eigenvalue weighted by molar-refractivity contribution is 0.0922. The van der Waals surface area contributed by atoms with E-state index in [1.165, 1.54) is 25.7 Å². The summed E-state index contributed by atoms with van der Waals surface area (Å²) in [7, 11) is 0. The molecule has 2 heteroatoms. The second-order valence-corrected chi connectivity index (χ2v) is 5.70. The molecule has 2 rings (SSSR count). The molecule has 98 valence electrons. The van der Waals surface area contributed by atoms with Crippen LogP contribution in [-0.2, 0) is 5.60 Å². The van der Waals surface area contributed by atoms with Crippen LogP contribution in [0.3, 0.4) is 0 Å². The fourth-order valence-electron chi connectivity index (χ4n) is 2.59. The molecule has 1 atom stereocenters. The second kappa shape index (κ2) is 5.90. The lowest BCUT2D eigenvalue weighted by atomic mass is 9.83. The third-order valence-electron chi connectivity index (χ3n) is 3.82. The van der Waals surface area contributed by atoms with Crippen molar-refractivity contribution in [1.29, 1.82) is 0 Å². The fourth-order valence-corrected chi connectivity index (χ4v) is 2.72. The number of halogens is 1. The zero-order valence-corrected chi connectivity index (χ0v) is 11.7. The molecule has 1 aromatic carbocycles. The lowest BCUT2D eigenvalue weighted by Gasteiger charge is -2.28. The monoisotopic (exact) mass is 264 g/mol. The molecule has 0 amide bonds. The van der Waals surface area contributed by atoms with Gasteiger partial charge in [-0.25, -0.2) is 0 Å². The van der Waals surface area contributed by atoms with E-state index in [2.05, 4.69) is 6.08 Å². The molecule has 1 N–H and O–H groups in total. The largest absolute Gasteiger partial charge is 0.381 e. The van der Waals surface area contributed by atoms with Gasteiger partial charge >= 0.3 is 0 Å². The van der Waals surface area contributed by atoms with E-state index in [0.29, 0.717) is 5.02 Å². The second-order valence-electron chi connectivity index (χ2n) is 5.26. The first kappa shape index (κ1) is 13.6. The van der Waals surface area contributed by atoms with Crippen molar-refractivity contribution >= 4 is 11.6 Å². The molecule has 1 unspecified atom stereocenters. The van der Waals surface area contributed by atoms with Gasteiger partial charge in [0.15, 0.2) is 0 Å². The van der Waals surface area contributed by atoms with Crippen LogP contribution in [0, 0.1) is 0 Å². The number of benzene rings is 1. The third-order valence-corrected chi connectivity index (χ3v) is 4.07. The molecule has 0 fully saturated rings. The van der Waals surface area contributed by atoms with Crippen LogP contribution in [0.2, 0.25) is 5.02 Å². The number of hydrogen-bond donors (Lipinski definition) is 1. The van der Waals surface area contributed by atoms with Crippen molar-refractivity contribution in [3.05, 3.63) is 46.5 Å². The topological polar surface area (TPSA) is 20.2 Å². The summed E-state index contributed by atoms with van der Waals surface area (Å²) >= 11 is 5.90. The van der Waals surface area contributed by atoms with E-state index in [0.717, 1.165) is 24.0 Å². The predicted octanol–water partition coefficient (Wildman–Crippen LogP) is 4.83. The Hall–Kier alpha value is -0.790. The summed E-state index contributed by atoms with van der Waals surface area (Å²) < 4.78 is 0. The highest BCUT2D eigenvalue weighted by atomic mass is 35.5. The maximum absolute atomic E-state index is 10.8. The van der Waals surface area contributed by atoms with Crippen LogP contribution < -0.4 is 0 Å². The van der Waals surface area contributed by atoms with Crippen LogP contribution >= 0.6 is 11.6 Å². The standard InChI is InChI=1S/C16H21ClO/c1-16(18,14-9-11-15(17)12-10-14)13-7-5-3-2-4-6-8-13/h7,9-12,18H,2-6,8H2,1H3/b13-7+. The van der Waals surface area contributed by atoms with E-state index in [9.17, 15) is 5.11 Å². The van der Waals surface area contributed by atoms with E-state index in [1.807, 2.05) is 31.2 Å². The maximum Gasteiger partial charge on any atom is 0.108 e. The van der Waals surface area contributed by atoms with Gasteiger partial charge in [-0.2, -0.15) is 0 Å². The number of allylic oxidation sites excluding steroid dienone is 1. The van der Waals surface area contributed by atoms with Crippen molar-refractivity contribution < 1.29 is 5.11 Å². The van der Waals surface area contributed by atoms with Crippen molar-refractivity contribution in [2.75, 3.05) is 0 Å². The molecule has 0 bridgehead atoms. The van der Waals surface area contributed by atoms with Gasteiger partial charge in [0.2, 0.25) is 0 Å². The summed E-state index contributed by atoms with van der Waals surface area (Å²) in [6.07, 6.45) is 9.30. The first-order chi connectivity index (χ1) is 8.60. The van der Waals surface area contributed by atoms with Gasteiger partial charge in [0.25, 0.3) is 0 Å². The molecule has 0 heterocycles. The zero-order chi connectivity index (χ0) is 13.0. The maximum atomic E-state index is 10.8. The molecule has 1 aliphatic carbocycles. The van der Waals surface area contributed by atoms with E-state index in [1.54, 1.807) is 0 Å². The molecule has 1 aliphatic rings. The molecule has 1 nitrogen and oxygen atoms in total. The summed E-state index contributed by atoms with van der Waals surface area (Å²) in [5.41, 5.74) is 1.23.